The number of benzene rings is 2. The fourth-order valence-corrected chi connectivity index (χ4v) is 2.37. The largest absolute Gasteiger partial charge is 0.497 e. The van der Waals surface area contributed by atoms with Crippen LogP contribution in [0.25, 0.3) is 0 Å². The Balaban J connectivity index is 1.68. The van der Waals surface area contributed by atoms with Crippen molar-refractivity contribution in [3.63, 3.8) is 0 Å². The van der Waals surface area contributed by atoms with Gasteiger partial charge in [-0.1, -0.05) is 12.1 Å². The van der Waals surface area contributed by atoms with Gasteiger partial charge in [-0.15, -0.1) is 0 Å². The van der Waals surface area contributed by atoms with Gasteiger partial charge in [0.1, 0.15) is 17.3 Å². The van der Waals surface area contributed by atoms with Crippen molar-refractivity contribution in [1.29, 1.82) is 0 Å². The van der Waals surface area contributed by atoms with E-state index in [4.69, 9.17) is 4.74 Å². The number of carbonyl (C=O) groups excluding carboxylic acids is 1. The summed E-state index contributed by atoms with van der Waals surface area (Å²) in [7, 11) is 1.58. The van der Waals surface area contributed by atoms with E-state index in [9.17, 15) is 4.79 Å². The molecule has 0 aliphatic heterocycles. The Bertz CT molecular complexity index is 923. The smallest absolute Gasteiger partial charge is 0.275 e. The molecule has 0 bridgehead atoms. The van der Waals surface area contributed by atoms with E-state index in [0.717, 1.165) is 5.69 Å². The van der Waals surface area contributed by atoms with Gasteiger partial charge in [0, 0.05) is 17.4 Å². The summed E-state index contributed by atoms with van der Waals surface area (Å²) in [4.78, 5) is 20.7. The lowest BCUT2D eigenvalue weighted by Crippen LogP contribution is -2.14. The molecule has 26 heavy (non-hydrogen) atoms. The fourth-order valence-electron chi connectivity index (χ4n) is 2.37. The topological polar surface area (TPSA) is 76.1 Å². The van der Waals surface area contributed by atoms with Gasteiger partial charge in [-0.2, -0.15) is 0 Å². The van der Waals surface area contributed by atoms with Crippen molar-refractivity contribution >= 4 is 23.1 Å². The van der Waals surface area contributed by atoms with Gasteiger partial charge in [-0.05, 0) is 49.2 Å². The highest BCUT2D eigenvalue weighted by atomic mass is 16.5. The molecule has 0 aliphatic rings. The number of amides is 1. The molecule has 0 radical (unpaired) electrons. The highest BCUT2D eigenvalue weighted by Crippen LogP contribution is 2.19. The highest BCUT2D eigenvalue weighted by Gasteiger charge is 2.09. The minimum atomic E-state index is -0.330. The van der Waals surface area contributed by atoms with Crippen molar-refractivity contribution < 1.29 is 9.53 Å². The first-order chi connectivity index (χ1) is 12.5. The molecular weight excluding hydrogens is 328 g/mol. The van der Waals surface area contributed by atoms with Gasteiger partial charge >= 0.3 is 0 Å². The maximum absolute atomic E-state index is 12.3. The lowest BCUT2D eigenvalue weighted by atomic mass is 10.1. The van der Waals surface area contributed by atoms with Crippen LogP contribution in [0.5, 0.6) is 5.75 Å². The van der Waals surface area contributed by atoms with Crippen LogP contribution in [-0.4, -0.2) is 23.0 Å². The third-order valence-corrected chi connectivity index (χ3v) is 3.99. The van der Waals surface area contributed by atoms with Gasteiger partial charge in [0.15, 0.2) is 0 Å². The molecule has 0 fully saturated rings. The standard InChI is InChI=1S/C20H20N4O2/c1-13-7-8-16(9-14(13)2)23-19-12-21-18(11-22-19)20(25)24-15-5-4-6-17(10-15)26-3/h4-12H,1-3H3,(H,22,23)(H,24,25). The van der Waals surface area contributed by atoms with Crippen molar-refractivity contribution in [2.45, 2.75) is 13.8 Å². The summed E-state index contributed by atoms with van der Waals surface area (Å²) in [5, 5.41) is 5.95. The predicted molar refractivity (Wildman–Crippen MR) is 102 cm³/mol. The SMILES string of the molecule is COc1cccc(NC(=O)c2cnc(Nc3ccc(C)c(C)c3)cn2)c1. The average Bonchev–Trinajstić information content (AvgIpc) is 2.65. The van der Waals surface area contributed by atoms with E-state index in [1.807, 2.05) is 24.3 Å². The van der Waals surface area contributed by atoms with Crippen LogP contribution in [0.15, 0.2) is 54.9 Å². The number of anilines is 3. The van der Waals surface area contributed by atoms with Gasteiger partial charge in [-0.3, -0.25) is 4.79 Å². The summed E-state index contributed by atoms with van der Waals surface area (Å²) in [5.74, 6) is 0.913. The molecule has 2 N–H and O–H groups in total. The molecule has 6 nitrogen and oxygen atoms in total. The normalized spacial score (nSPS) is 10.3. The van der Waals surface area contributed by atoms with E-state index >= 15 is 0 Å². The van der Waals surface area contributed by atoms with Gasteiger partial charge in [-0.25, -0.2) is 9.97 Å². The molecule has 6 heteroatoms. The van der Waals surface area contributed by atoms with Crippen LogP contribution in [0.4, 0.5) is 17.2 Å². The predicted octanol–water partition coefficient (Wildman–Crippen LogP) is 4.10. The first-order valence-electron chi connectivity index (χ1n) is 8.17. The molecule has 0 saturated carbocycles. The van der Waals surface area contributed by atoms with E-state index in [0.29, 0.717) is 17.3 Å². The molecule has 0 atom stereocenters. The Morgan fingerprint density at radius 3 is 2.50 bits per heavy atom. The first-order valence-corrected chi connectivity index (χ1v) is 8.17. The van der Waals surface area contributed by atoms with Crippen molar-refractivity contribution in [3.05, 3.63) is 71.7 Å². The first kappa shape index (κ1) is 17.4. The van der Waals surface area contributed by atoms with Crippen molar-refractivity contribution in [2.24, 2.45) is 0 Å². The van der Waals surface area contributed by atoms with Crippen LogP contribution < -0.4 is 15.4 Å². The molecule has 1 aromatic heterocycles. The van der Waals surface area contributed by atoms with Crippen LogP contribution in [0, 0.1) is 13.8 Å². The Kier molecular flexibility index (Phi) is 5.12. The monoisotopic (exact) mass is 348 g/mol. The minimum absolute atomic E-state index is 0.235. The van der Waals surface area contributed by atoms with E-state index in [1.54, 1.807) is 25.3 Å². The van der Waals surface area contributed by atoms with E-state index in [1.165, 1.54) is 23.5 Å². The third-order valence-electron chi connectivity index (χ3n) is 3.99. The highest BCUT2D eigenvalue weighted by molar-refractivity contribution is 6.02. The summed E-state index contributed by atoms with van der Waals surface area (Å²) in [5.41, 5.74) is 4.21. The van der Waals surface area contributed by atoms with Gasteiger partial charge in [0.05, 0.1) is 19.5 Å². The minimum Gasteiger partial charge on any atom is -0.497 e. The average molecular weight is 348 g/mol. The van der Waals surface area contributed by atoms with Crippen LogP contribution in [0.1, 0.15) is 21.6 Å². The Labute approximate surface area is 152 Å². The zero-order chi connectivity index (χ0) is 18.5. The molecule has 0 aliphatic carbocycles. The molecule has 0 spiro atoms. The van der Waals surface area contributed by atoms with Crippen molar-refractivity contribution in [2.75, 3.05) is 17.7 Å². The maximum Gasteiger partial charge on any atom is 0.275 e. The van der Waals surface area contributed by atoms with E-state index < -0.39 is 0 Å². The molecule has 3 aromatic rings. The number of hydrogen-bond donors (Lipinski definition) is 2. The number of aryl methyl sites for hydroxylation is 2. The van der Waals surface area contributed by atoms with Gasteiger partial charge in [0.25, 0.3) is 5.91 Å². The lowest BCUT2D eigenvalue weighted by Gasteiger charge is -2.09. The summed E-state index contributed by atoms with van der Waals surface area (Å²) < 4.78 is 5.14. The van der Waals surface area contributed by atoms with Crippen molar-refractivity contribution in [3.8, 4) is 5.75 Å². The molecule has 1 amide bonds. The van der Waals surface area contributed by atoms with Crippen LogP contribution in [-0.2, 0) is 0 Å². The second-order valence-corrected chi connectivity index (χ2v) is 5.90. The second-order valence-electron chi connectivity index (χ2n) is 5.90. The Morgan fingerprint density at radius 1 is 0.962 bits per heavy atom. The third kappa shape index (κ3) is 4.16. The molecular formula is C20H20N4O2. The second kappa shape index (κ2) is 7.65. The Morgan fingerprint density at radius 2 is 1.81 bits per heavy atom. The summed E-state index contributed by atoms with van der Waals surface area (Å²) in [6.07, 6.45) is 2.98. The molecule has 1 heterocycles. The Hall–Kier alpha value is -3.41. The molecule has 132 valence electrons. The van der Waals surface area contributed by atoms with E-state index in [-0.39, 0.29) is 11.6 Å². The van der Waals surface area contributed by atoms with E-state index in [2.05, 4.69) is 34.4 Å². The zero-order valence-corrected chi connectivity index (χ0v) is 14.9. The van der Waals surface area contributed by atoms with Gasteiger partial charge < -0.3 is 15.4 Å². The number of nitrogens with zero attached hydrogens (tertiary/aromatic N) is 2. The number of rotatable bonds is 5. The summed E-state index contributed by atoms with van der Waals surface area (Å²) >= 11 is 0. The molecule has 3 rings (SSSR count). The number of aromatic nitrogens is 2. The number of hydrogen-bond acceptors (Lipinski definition) is 5. The summed E-state index contributed by atoms with van der Waals surface area (Å²) in [6.45, 7) is 4.12. The van der Waals surface area contributed by atoms with Crippen LogP contribution in [0.3, 0.4) is 0 Å². The van der Waals surface area contributed by atoms with Gasteiger partial charge in [0.2, 0.25) is 0 Å². The quantitative estimate of drug-likeness (QED) is 0.726. The number of nitrogens with one attached hydrogen (secondary N) is 2. The molecule has 0 unspecified atom stereocenters. The number of ether oxygens (including phenoxy) is 1. The molecule has 0 saturated heterocycles. The number of carbonyl (C=O) groups is 1. The number of methoxy groups -OCH3 is 1. The fraction of sp³-hybridized carbons (Fsp3) is 0.150. The van der Waals surface area contributed by atoms with Crippen LogP contribution >= 0.6 is 0 Å². The molecule has 2 aromatic carbocycles. The van der Waals surface area contributed by atoms with Crippen LogP contribution in [0.2, 0.25) is 0 Å². The summed E-state index contributed by atoms with van der Waals surface area (Å²) in [6, 6.07) is 13.2. The zero-order valence-electron chi connectivity index (χ0n) is 14.9. The lowest BCUT2D eigenvalue weighted by molar-refractivity contribution is 0.102. The van der Waals surface area contributed by atoms with Crippen molar-refractivity contribution in [1.82, 2.24) is 9.97 Å². The maximum atomic E-state index is 12.3.